The van der Waals surface area contributed by atoms with E-state index in [0.717, 1.165) is 10.4 Å². The van der Waals surface area contributed by atoms with Gasteiger partial charge in [0.2, 0.25) is 10.0 Å². The highest BCUT2D eigenvalue weighted by Crippen LogP contribution is 2.37. The van der Waals surface area contributed by atoms with Gasteiger partial charge in [0.15, 0.2) is 0 Å². The number of allylic oxidation sites excluding steroid dienone is 1. The van der Waals surface area contributed by atoms with Crippen LogP contribution in [0.5, 0.6) is 0 Å². The summed E-state index contributed by atoms with van der Waals surface area (Å²) in [7, 11) is -0.983. The molecule has 2 aromatic heterocycles. The number of hydrogen-bond donors (Lipinski definition) is 3. The molecule has 0 saturated heterocycles. The number of rotatable bonds is 15. The van der Waals surface area contributed by atoms with Gasteiger partial charge in [0.1, 0.15) is 5.83 Å². The molecule has 18 nitrogen and oxygen atoms in total. The normalized spacial score (nSPS) is 11.8. The lowest BCUT2D eigenvalue weighted by Crippen LogP contribution is -2.26. The largest absolute Gasteiger partial charge is 0.465 e. The molecular weight excluding hydrogens is 724 g/mol. The lowest BCUT2D eigenvalue weighted by molar-refractivity contribution is 0.102. The van der Waals surface area contributed by atoms with Crippen molar-refractivity contribution in [1.29, 1.82) is 0 Å². The van der Waals surface area contributed by atoms with Crippen LogP contribution in [-0.2, 0) is 29.7 Å². The quantitative estimate of drug-likeness (QED) is 0.0658. The van der Waals surface area contributed by atoms with Gasteiger partial charge < -0.3 is 20.3 Å². The highest BCUT2D eigenvalue weighted by atomic mass is 32.2. The molecule has 3 aromatic carbocycles. The van der Waals surface area contributed by atoms with Crippen LogP contribution in [0.15, 0.2) is 92.5 Å². The van der Waals surface area contributed by atoms with Gasteiger partial charge in [-0.05, 0) is 78.2 Å². The van der Waals surface area contributed by atoms with E-state index in [4.69, 9.17) is 16.2 Å². The number of benzene rings is 3. The second-order valence-corrected chi connectivity index (χ2v) is 14.2. The average molecular weight is 759 g/mol. The second-order valence-electron chi connectivity index (χ2n) is 12.1. The molecule has 2 heterocycles. The third-order valence-electron chi connectivity index (χ3n) is 8.62. The van der Waals surface area contributed by atoms with Crippen LogP contribution in [0.2, 0.25) is 0 Å². The van der Waals surface area contributed by atoms with Gasteiger partial charge in [-0.2, -0.15) is 0 Å². The first kappa shape index (κ1) is 38.6. The van der Waals surface area contributed by atoms with Crippen LogP contribution in [0.1, 0.15) is 16.1 Å². The number of fused-ring (bicyclic) bond motifs is 2. The zero-order valence-corrected chi connectivity index (χ0v) is 30.2. The van der Waals surface area contributed by atoms with Crippen molar-refractivity contribution in [3.05, 3.63) is 115 Å². The molecule has 20 heteroatoms. The number of halogens is 1. The monoisotopic (exact) mass is 758 g/mol. The van der Waals surface area contributed by atoms with Crippen molar-refractivity contribution in [3.8, 4) is 11.1 Å². The van der Waals surface area contributed by atoms with Gasteiger partial charge >= 0.3 is 11.8 Å². The highest BCUT2D eigenvalue weighted by Gasteiger charge is 2.22. The number of carboxylic acid groups (broad SMARTS) is 1. The van der Waals surface area contributed by atoms with Crippen LogP contribution in [0, 0.1) is 6.92 Å². The molecule has 54 heavy (non-hydrogen) atoms. The molecule has 0 aliphatic carbocycles. The number of amides is 2. The fraction of sp³-hybridized carbons (Fsp3) is 0.265. The van der Waals surface area contributed by atoms with E-state index in [2.05, 4.69) is 30.7 Å². The minimum atomic E-state index is -3.82. The number of azide groups is 2. The standard InChI is InChI=1S/C34H35FN12O6S/c1-21-31(22-5-4-6-26(17-22)54(52,53)44(2)3)27-18-23(7-9-28(27)47(21)20-24(35)11-12-38-33(49)50)32(48)41-25-8-10-29-30(19-25)46(16-14-40-43-37)34(51)45(29)15-13-39-42-36/h4-11,17-19,38H,12-16,20H2,1-3H3,(H,41,48)(H,49,50). The summed E-state index contributed by atoms with van der Waals surface area (Å²) in [6.07, 6.45) is -0.199. The number of aromatic nitrogens is 3. The molecule has 0 aliphatic heterocycles. The smallest absolute Gasteiger partial charge is 0.404 e. The second kappa shape index (κ2) is 16.4. The molecule has 2 amide bonds. The van der Waals surface area contributed by atoms with Crippen LogP contribution < -0.4 is 16.3 Å². The van der Waals surface area contributed by atoms with Crippen molar-refractivity contribution >= 4 is 49.6 Å². The van der Waals surface area contributed by atoms with E-state index >= 15 is 4.39 Å². The number of sulfonamides is 1. The first-order valence-corrected chi connectivity index (χ1v) is 17.8. The number of carbonyl (C=O) groups excluding carboxylic acids is 1. The van der Waals surface area contributed by atoms with Crippen LogP contribution >= 0.6 is 0 Å². The molecular formula is C34H35FN12O6S. The molecule has 0 saturated carbocycles. The number of carbonyl (C=O) groups is 2. The summed E-state index contributed by atoms with van der Waals surface area (Å²) in [6.45, 7) is 1.39. The average Bonchev–Trinajstić information content (AvgIpc) is 3.56. The predicted molar refractivity (Wildman–Crippen MR) is 200 cm³/mol. The van der Waals surface area contributed by atoms with E-state index in [1.54, 1.807) is 60.0 Å². The van der Waals surface area contributed by atoms with Crippen LogP contribution in [0.25, 0.3) is 53.9 Å². The summed E-state index contributed by atoms with van der Waals surface area (Å²) in [5.41, 5.74) is 20.7. The Hall–Kier alpha value is -6.59. The van der Waals surface area contributed by atoms with E-state index in [0.29, 0.717) is 44.4 Å². The van der Waals surface area contributed by atoms with Crippen molar-refractivity contribution in [2.45, 2.75) is 31.5 Å². The topological polar surface area (TPSA) is 245 Å². The van der Waals surface area contributed by atoms with Gasteiger partial charge in [0.25, 0.3) is 5.91 Å². The Morgan fingerprint density at radius 3 is 2.26 bits per heavy atom. The van der Waals surface area contributed by atoms with Gasteiger partial charge in [-0.3, -0.25) is 13.9 Å². The number of nitrogens with one attached hydrogen (secondary N) is 2. The molecule has 0 fully saturated rings. The lowest BCUT2D eigenvalue weighted by Gasteiger charge is -2.13. The first-order valence-electron chi connectivity index (χ1n) is 16.3. The Bertz CT molecular complexity index is 2580. The molecule has 280 valence electrons. The number of hydrogen-bond acceptors (Lipinski definition) is 7. The Kier molecular flexibility index (Phi) is 11.7. The molecule has 0 spiro atoms. The zero-order chi connectivity index (χ0) is 39.2. The third-order valence-corrected chi connectivity index (χ3v) is 10.4. The summed E-state index contributed by atoms with van der Waals surface area (Å²) < 4.78 is 46.8. The summed E-state index contributed by atoms with van der Waals surface area (Å²) in [4.78, 5) is 43.4. The minimum absolute atomic E-state index is 0.00718. The van der Waals surface area contributed by atoms with Crippen LogP contribution in [0.3, 0.4) is 0 Å². The molecule has 5 aromatic rings. The zero-order valence-electron chi connectivity index (χ0n) is 29.3. The molecule has 3 N–H and O–H groups in total. The SMILES string of the molecule is Cc1c(-c2cccc(S(=O)(=O)N(C)C)c2)c2cc(C(=O)Nc3ccc4c(c3)n(CCN=[N+]=[N-])c(=O)n4CCN=[N+]=[N-])ccc2n1CC(F)=CCNC(=O)O. The van der Waals surface area contributed by atoms with Crippen molar-refractivity contribution < 1.29 is 27.5 Å². The van der Waals surface area contributed by atoms with Gasteiger partial charge in [0.05, 0.1) is 22.5 Å². The maximum atomic E-state index is 15.1. The Labute approximate surface area is 307 Å². The minimum Gasteiger partial charge on any atom is -0.465 e. The van der Waals surface area contributed by atoms with E-state index in [1.165, 1.54) is 35.4 Å². The lowest BCUT2D eigenvalue weighted by atomic mass is 10.0. The molecule has 0 aliphatic rings. The molecule has 0 radical (unpaired) electrons. The summed E-state index contributed by atoms with van der Waals surface area (Å²) in [6, 6.07) is 15.9. The van der Waals surface area contributed by atoms with Gasteiger partial charge in [-0.15, -0.1) is 0 Å². The number of nitrogens with zero attached hydrogens (tertiary/aromatic N) is 10. The molecule has 5 rings (SSSR count). The van der Waals surface area contributed by atoms with E-state index < -0.39 is 33.5 Å². The number of anilines is 1. The van der Waals surface area contributed by atoms with Crippen LogP contribution in [0.4, 0.5) is 14.9 Å². The number of imidazole rings is 1. The first-order chi connectivity index (χ1) is 25.8. The maximum absolute atomic E-state index is 15.1. The Morgan fingerprint density at radius 2 is 1.61 bits per heavy atom. The summed E-state index contributed by atoms with van der Waals surface area (Å²) in [5, 5.41) is 21.4. The van der Waals surface area contributed by atoms with Gasteiger partial charge in [-0.25, -0.2) is 26.7 Å². The van der Waals surface area contributed by atoms with Gasteiger partial charge in [0, 0.05) is 90.1 Å². The Morgan fingerprint density at radius 1 is 0.944 bits per heavy atom. The third kappa shape index (κ3) is 8.06. The fourth-order valence-electron chi connectivity index (χ4n) is 6.09. The van der Waals surface area contributed by atoms with E-state index in [-0.39, 0.29) is 49.7 Å². The van der Waals surface area contributed by atoms with E-state index in [1.807, 2.05) is 0 Å². The molecule has 0 atom stereocenters. The molecule has 0 bridgehead atoms. The van der Waals surface area contributed by atoms with Gasteiger partial charge in [-0.1, -0.05) is 22.4 Å². The fourth-order valence-corrected chi connectivity index (χ4v) is 7.04. The summed E-state index contributed by atoms with van der Waals surface area (Å²) >= 11 is 0. The molecule has 0 unspecified atom stereocenters. The predicted octanol–water partition coefficient (Wildman–Crippen LogP) is 5.98. The van der Waals surface area contributed by atoms with Crippen molar-refractivity contribution in [3.63, 3.8) is 0 Å². The highest BCUT2D eigenvalue weighted by molar-refractivity contribution is 7.89. The van der Waals surface area contributed by atoms with Crippen molar-refractivity contribution in [1.82, 2.24) is 23.3 Å². The van der Waals surface area contributed by atoms with E-state index in [9.17, 15) is 22.8 Å². The van der Waals surface area contributed by atoms with Crippen molar-refractivity contribution in [2.75, 3.05) is 39.0 Å². The Balaban J connectivity index is 1.58. The van der Waals surface area contributed by atoms with Crippen molar-refractivity contribution in [2.24, 2.45) is 10.2 Å². The van der Waals surface area contributed by atoms with Crippen LogP contribution in [-0.4, -0.2) is 77.3 Å². The maximum Gasteiger partial charge on any atom is 0.404 e. The summed E-state index contributed by atoms with van der Waals surface area (Å²) in [5.74, 6) is -1.14.